The molecule has 0 saturated carbocycles. The molecule has 15 heavy (non-hydrogen) atoms. The average molecular weight is 277 g/mol. The quantitative estimate of drug-likeness (QED) is 0.613. The molecule has 0 aliphatic rings. The first-order valence-corrected chi connectivity index (χ1v) is 9.02. The number of rotatable bonds is 2. The van der Waals surface area contributed by atoms with Crippen molar-refractivity contribution in [2.75, 3.05) is 0 Å². The molecule has 0 radical (unpaired) electrons. The topological polar surface area (TPSA) is 0 Å². The van der Waals surface area contributed by atoms with Crippen LogP contribution in [0.2, 0.25) is 5.76 Å². The molecule has 0 amide bonds. The van der Waals surface area contributed by atoms with E-state index >= 15 is 0 Å². The summed E-state index contributed by atoms with van der Waals surface area (Å²) in [4.78, 5) is 0. The summed E-state index contributed by atoms with van der Waals surface area (Å²) in [5.41, 5.74) is 0. The minimum Gasteiger partial charge on any atom is -1.00 e. The summed E-state index contributed by atoms with van der Waals surface area (Å²) in [6.07, 6.45) is 0. The Kier molecular flexibility index (Phi) is 4.93. The number of halogens is 1. The van der Waals surface area contributed by atoms with Crippen LogP contribution in [0.4, 0.5) is 0 Å². The van der Waals surface area contributed by atoms with Crippen molar-refractivity contribution in [1.29, 1.82) is 0 Å². The van der Waals surface area contributed by atoms with Gasteiger partial charge in [0, 0.05) is 0 Å². The Balaban J connectivity index is 0.00000112. The SMILES string of the molecule is [CH3][Ge+]([c]1ccccc1)[c]1ccccc1.[Cl-]. The largest absolute Gasteiger partial charge is 1.00 e. The molecule has 0 nitrogen and oxygen atoms in total. The maximum atomic E-state index is 2.41. The summed E-state index contributed by atoms with van der Waals surface area (Å²) >= 11 is -1.20. The summed E-state index contributed by atoms with van der Waals surface area (Å²) in [6, 6.07) is 21.7. The zero-order valence-corrected chi connectivity index (χ0v) is 11.5. The molecule has 2 heteroatoms. The summed E-state index contributed by atoms with van der Waals surface area (Å²) in [5.74, 6) is 2.41. The van der Waals surface area contributed by atoms with Gasteiger partial charge in [-0.15, -0.1) is 0 Å². The maximum Gasteiger partial charge on any atom is -1.00 e. The van der Waals surface area contributed by atoms with Gasteiger partial charge in [-0.05, 0) is 0 Å². The zero-order chi connectivity index (χ0) is 9.80. The van der Waals surface area contributed by atoms with Crippen LogP contribution in [0.1, 0.15) is 0 Å². The van der Waals surface area contributed by atoms with Crippen LogP contribution in [-0.4, -0.2) is 14.3 Å². The van der Waals surface area contributed by atoms with Crippen molar-refractivity contribution in [2.45, 2.75) is 5.76 Å². The predicted octanol–water partition coefficient (Wildman–Crippen LogP) is -1.07. The first-order valence-electron chi connectivity index (χ1n) is 4.82. The van der Waals surface area contributed by atoms with E-state index in [4.69, 9.17) is 0 Å². The van der Waals surface area contributed by atoms with E-state index in [0.717, 1.165) is 0 Å². The second-order valence-electron chi connectivity index (χ2n) is 3.36. The van der Waals surface area contributed by atoms with Crippen molar-refractivity contribution in [3.05, 3.63) is 60.7 Å². The standard InChI is InChI=1S/C13H13Ge.ClH/c1-14(12-8-4-2-5-9-12)13-10-6-3-7-11-13;/h2-11H,1H3;1H/q+1;/p-1. The van der Waals surface area contributed by atoms with E-state index in [9.17, 15) is 0 Å². The predicted molar refractivity (Wildman–Crippen MR) is 63.8 cm³/mol. The van der Waals surface area contributed by atoms with Gasteiger partial charge in [0.2, 0.25) is 0 Å². The van der Waals surface area contributed by atoms with Gasteiger partial charge in [0.25, 0.3) is 0 Å². The molecule has 0 aromatic heterocycles. The van der Waals surface area contributed by atoms with E-state index in [0.29, 0.717) is 0 Å². The van der Waals surface area contributed by atoms with Gasteiger partial charge < -0.3 is 12.4 Å². The molecule has 2 rings (SSSR count). The monoisotopic (exact) mass is 278 g/mol. The third-order valence-electron chi connectivity index (χ3n) is 2.41. The van der Waals surface area contributed by atoms with Gasteiger partial charge >= 0.3 is 89.6 Å². The number of hydrogen-bond donors (Lipinski definition) is 0. The first kappa shape index (κ1) is 12.3. The summed E-state index contributed by atoms with van der Waals surface area (Å²) in [7, 11) is 0. The van der Waals surface area contributed by atoms with Crippen LogP contribution in [0.5, 0.6) is 0 Å². The molecular formula is C13H13ClGe. The third-order valence-corrected chi connectivity index (χ3v) is 7.45. The Morgan fingerprint density at radius 2 is 1.00 bits per heavy atom. The molecule has 76 valence electrons. The fourth-order valence-electron chi connectivity index (χ4n) is 1.54. The van der Waals surface area contributed by atoms with Crippen LogP contribution in [0.3, 0.4) is 0 Å². The Hall–Kier alpha value is -0.727. The van der Waals surface area contributed by atoms with Crippen molar-refractivity contribution >= 4 is 23.1 Å². The normalized spacial score (nSPS) is 9.13. The third kappa shape index (κ3) is 3.11. The summed E-state index contributed by atoms with van der Waals surface area (Å²) in [5, 5.41) is 0. The van der Waals surface area contributed by atoms with E-state index in [-0.39, 0.29) is 12.4 Å². The van der Waals surface area contributed by atoms with Gasteiger partial charge in [0.15, 0.2) is 0 Å². The van der Waals surface area contributed by atoms with E-state index in [1.807, 2.05) is 0 Å². The molecule has 0 atom stereocenters. The molecule has 0 aliphatic heterocycles. The molecule has 2 aromatic carbocycles. The van der Waals surface area contributed by atoms with E-state index in [1.54, 1.807) is 8.79 Å². The molecule has 0 bridgehead atoms. The van der Waals surface area contributed by atoms with Crippen molar-refractivity contribution in [3.8, 4) is 0 Å². The van der Waals surface area contributed by atoms with Crippen molar-refractivity contribution in [1.82, 2.24) is 0 Å². The van der Waals surface area contributed by atoms with Crippen molar-refractivity contribution in [2.24, 2.45) is 0 Å². The fourth-order valence-corrected chi connectivity index (χ4v) is 5.15. The first-order chi connectivity index (χ1) is 6.88. The van der Waals surface area contributed by atoms with Crippen LogP contribution in [0.15, 0.2) is 60.7 Å². The molecule has 0 saturated heterocycles. The second kappa shape index (κ2) is 5.99. The van der Waals surface area contributed by atoms with Crippen LogP contribution in [0, 0.1) is 0 Å². The summed E-state index contributed by atoms with van der Waals surface area (Å²) < 4.78 is 3.08. The smallest absolute Gasteiger partial charge is 1.00 e. The van der Waals surface area contributed by atoms with Gasteiger partial charge in [-0.25, -0.2) is 0 Å². The summed E-state index contributed by atoms with van der Waals surface area (Å²) in [6.45, 7) is 0. The zero-order valence-electron chi connectivity index (χ0n) is 8.65. The van der Waals surface area contributed by atoms with Crippen molar-refractivity contribution in [3.63, 3.8) is 0 Å². The van der Waals surface area contributed by atoms with Gasteiger partial charge in [0.1, 0.15) is 0 Å². The molecule has 0 spiro atoms. The fraction of sp³-hybridized carbons (Fsp3) is 0.0769. The number of hydrogen-bond acceptors (Lipinski definition) is 0. The average Bonchev–Trinajstić information content (AvgIpc) is 2.30. The number of benzene rings is 2. The van der Waals surface area contributed by atoms with Gasteiger partial charge in [-0.2, -0.15) is 0 Å². The van der Waals surface area contributed by atoms with Gasteiger partial charge in [-0.3, -0.25) is 0 Å². The molecule has 0 aliphatic carbocycles. The maximum absolute atomic E-state index is 2.41. The van der Waals surface area contributed by atoms with Crippen LogP contribution >= 0.6 is 0 Å². The second-order valence-corrected chi connectivity index (χ2v) is 8.40. The molecule has 2 aromatic rings. The van der Waals surface area contributed by atoms with E-state index in [2.05, 4.69) is 66.4 Å². The molecular weight excluding hydrogens is 264 g/mol. The van der Waals surface area contributed by atoms with Crippen LogP contribution < -0.4 is 21.2 Å². The Morgan fingerprint density at radius 1 is 0.667 bits per heavy atom. The van der Waals surface area contributed by atoms with Crippen LogP contribution in [-0.2, 0) is 0 Å². The Labute approximate surface area is 102 Å². The van der Waals surface area contributed by atoms with Crippen molar-refractivity contribution < 1.29 is 12.4 Å². The minimum atomic E-state index is -1.20. The Bertz CT molecular complexity index is 346. The van der Waals surface area contributed by atoms with Gasteiger partial charge in [-0.1, -0.05) is 0 Å². The van der Waals surface area contributed by atoms with E-state index in [1.165, 1.54) is 0 Å². The van der Waals surface area contributed by atoms with Gasteiger partial charge in [0.05, 0.1) is 0 Å². The molecule has 0 N–H and O–H groups in total. The molecule has 0 fully saturated rings. The Morgan fingerprint density at radius 3 is 1.33 bits per heavy atom. The van der Waals surface area contributed by atoms with E-state index < -0.39 is 14.3 Å². The molecule has 0 unspecified atom stereocenters. The minimum absolute atomic E-state index is 0. The molecule has 0 heterocycles. The van der Waals surface area contributed by atoms with Crippen LogP contribution in [0.25, 0.3) is 0 Å².